The van der Waals surface area contributed by atoms with Gasteiger partial charge in [0, 0.05) is 13.5 Å². The lowest BCUT2D eigenvalue weighted by Gasteiger charge is -2.20. The minimum absolute atomic E-state index is 0.0517. The Kier molecular flexibility index (Phi) is 4.16. The normalized spacial score (nSPS) is 16.7. The number of hydrogen-bond donors (Lipinski definition) is 2. The van der Waals surface area contributed by atoms with Crippen molar-refractivity contribution in [3.05, 3.63) is 4.88 Å². The van der Waals surface area contributed by atoms with E-state index in [1.807, 2.05) is 6.26 Å². The minimum atomic E-state index is 0.0517. The standard InChI is InChI=1S/C14H22N2OS2/c1-8(2)14(5-6-14)7-16-13-12(18-4)10(15)11(19-13)9(3)17/h8,16H,5-7,15H2,1-4H3. The number of nitrogens with one attached hydrogen (secondary N) is 1. The van der Waals surface area contributed by atoms with Crippen molar-refractivity contribution in [1.82, 2.24) is 0 Å². The van der Waals surface area contributed by atoms with Gasteiger partial charge in [0.2, 0.25) is 0 Å². The smallest absolute Gasteiger partial charge is 0.171 e. The van der Waals surface area contributed by atoms with Crippen LogP contribution in [0.1, 0.15) is 43.3 Å². The molecular formula is C14H22N2OS2. The Morgan fingerprint density at radius 3 is 2.58 bits per heavy atom. The van der Waals surface area contributed by atoms with Gasteiger partial charge in [0.1, 0.15) is 5.00 Å². The third-order valence-corrected chi connectivity index (χ3v) is 6.37. The monoisotopic (exact) mass is 298 g/mol. The Morgan fingerprint density at radius 2 is 2.16 bits per heavy atom. The van der Waals surface area contributed by atoms with Gasteiger partial charge in [-0.2, -0.15) is 0 Å². The van der Waals surface area contributed by atoms with Crippen LogP contribution in [0.5, 0.6) is 0 Å². The molecule has 106 valence electrons. The van der Waals surface area contributed by atoms with E-state index >= 15 is 0 Å². The Balaban J connectivity index is 2.16. The van der Waals surface area contributed by atoms with Crippen LogP contribution in [0, 0.1) is 11.3 Å². The second-order valence-corrected chi connectivity index (χ2v) is 7.47. The molecule has 1 aromatic rings. The number of ketones is 1. The molecule has 0 amide bonds. The number of carbonyl (C=O) groups is 1. The number of thiophene rings is 1. The maximum absolute atomic E-state index is 11.6. The molecule has 1 saturated carbocycles. The van der Waals surface area contributed by atoms with Crippen LogP contribution in [0.25, 0.3) is 0 Å². The van der Waals surface area contributed by atoms with Crippen LogP contribution >= 0.6 is 23.1 Å². The van der Waals surface area contributed by atoms with Crippen LogP contribution in [0.4, 0.5) is 10.7 Å². The Bertz CT molecular complexity index is 490. The first-order valence-electron chi connectivity index (χ1n) is 6.62. The summed E-state index contributed by atoms with van der Waals surface area (Å²) in [6, 6.07) is 0. The lowest BCUT2D eigenvalue weighted by Crippen LogP contribution is -2.20. The SMILES string of the molecule is CSc1c(NCC2(C(C)C)CC2)sc(C(C)=O)c1N. The molecule has 19 heavy (non-hydrogen) atoms. The summed E-state index contributed by atoms with van der Waals surface area (Å²) in [5.41, 5.74) is 7.15. The number of carbonyl (C=O) groups excluding carboxylic acids is 1. The molecule has 1 aliphatic carbocycles. The van der Waals surface area contributed by atoms with Gasteiger partial charge >= 0.3 is 0 Å². The molecule has 1 aromatic heterocycles. The van der Waals surface area contributed by atoms with Crippen molar-refractivity contribution in [2.24, 2.45) is 11.3 Å². The zero-order valence-electron chi connectivity index (χ0n) is 12.0. The molecule has 0 saturated heterocycles. The van der Waals surface area contributed by atoms with Crippen molar-refractivity contribution in [2.75, 3.05) is 23.9 Å². The Morgan fingerprint density at radius 1 is 1.53 bits per heavy atom. The van der Waals surface area contributed by atoms with Crippen molar-refractivity contribution >= 4 is 39.6 Å². The molecule has 0 aromatic carbocycles. The second-order valence-electron chi connectivity index (χ2n) is 5.63. The van der Waals surface area contributed by atoms with Crippen molar-refractivity contribution < 1.29 is 4.79 Å². The maximum Gasteiger partial charge on any atom is 0.171 e. The largest absolute Gasteiger partial charge is 0.396 e. The minimum Gasteiger partial charge on any atom is -0.396 e. The average molecular weight is 298 g/mol. The second kappa shape index (κ2) is 5.37. The van der Waals surface area contributed by atoms with Crippen LogP contribution in [0.2, 0.25) is 0 Å². The van der Waals surface area contributed by atoms with E-state index in [1.54, 1.807) is 18.7 Å². The zero-order chi connectivity index (χ0) is 14.2. The third-order valence-electron chi connectivity index (χ3n) is 4.14. The van der Waals surface area contributed by atoms with Gasteiger partial charge < -0.3 is 11.1 Å². The number of thioether (sulfide) groups is 1. The number of nitrogens with two attached hydrogens (primary N) is 1. The highest BCUT2D eigenvalue weighted by molar-refractivity contribution is 7.99. The summed E-state index contributed by atoms with van der Waals surface area (Å²) in [4.78, 5) is 13.3. The topological polar surface area (TPSA) is 55.1 Å². The van der Waals surface area contributed by atoms with Crippen molar-refractivity contribution in [2.45, 2.75) is 38.5 Å². The summed E-state index contributed by atoms with van der Waals surface area (Å²) < 4.78 is 0. The fourth-order valence-corrected chi connectivity index (χ4v) is 4.31. The molecule has 0 spiro atoms. The van der Waals surface area contributed by atoms with E-state index in [2.05, 4.69) is 19.2 Å². The van der Waals surface area contributed by atoms with Gasteiger partial charge in [-0.1, -0.05) is 13.8 Å². The molecule has 0 aliphatic heterocycles. The summed E-state index contributed by atoms with van der Waals surface area (Å²) in [6.45, 7) is 7.13. The summed E-state index contributed by atoms with van der Waals surface area (Å²) >= 11 is 3.10. The van der Waals surface area contributed by atoms with Gasteiger partial charge in [-0.05, 0) is 30.4 Å². The first-order valence-corrected chi connectivity index (χ1v) is 8.66. The molecule has 1 fully saturated rings. The highest BCUT2D eigenvalue weighted by atomic mass is 32.2. The molecule has 0 radical (unpaired) electrons. The van der Waals surface area contributed by atoms with E-state index in [0.29, 0.717) is 21.9 Å². The number of rotatable bonds is 6. The third kappa shape index (κ3) is 2.77. The maximum atomic E-state index is 11.6. The van der Waals surface area contributed by atoms with Gasteiger partial charge in [-0.15, -0.1) is 23.1 Å². The predicted octanol–water partition coefficient (Wildman–Crippen LogP) is 4.10. The number of Topliss-reactive ketones (excluding diaryl/α,β-unsaturated/α-hetero) is 1. The van der Waals surface area contributed by atoms with E-state index < -0.39 is 0 Å². The van der Waals surface area contributed by atoms with Crippen LogP contribution in [0.3, 0.4) is 0 Å². The lowest BCUT2D eigenvalue weighted by molar-refractivity contribution is 0.102. The Labute approximate surface area is 123 Å². The van der Waals surface area contributed by atoms with E-state index in [-0.39, 0.29) is 5.78 Å². The molecule has 5 heteroatoms. The molecule has 3 N–H and O–H groups in total. The summed E-state index contributed by atoms with van der Waals surface area (Å²) in [7, 11) is 0. The van der Waals surface area contributed by atoms with E-state index in [4.69, 9.17) is 5.73 Å². The van der Waals surface area contributed by atoms with Crippen LogP contribution < -0.4 is 11.1 Å². The first kappa shape index (κ1) is 14.7. The lowest BCUT2D eigenvalue weighted by atomic mass is 9.92. The van der Waals surface area contributed by atoms with Gasteiger partial charge in [-0.25, -0.2) is 0 Å². The summed E-state index contributed by atoms with van der Waals surface area (Å²) in [5.74, 6) is 0.748. The zero-order valence-corrected chi connectivity index (χ0v) is 13.6. The molecule has 0 unspecified atom stereocenters. The van der Waals surface area contributed by atoms with E-state index in [9.17, 15) is 4.79 Å². The van der Waals surface area contributed by atoms with Gasteiger partial charge in [-0.3, -0.25) is 4.79 Å². The summed E-state index contributed by atoms with van der Waals surface area (Å²) in [6.07, 6.45) is 4.60. The van der Waals surface area contributed by atoms with E-state index in [1.165, 1.54) is 24.2 Å². The van der Waals surface area contributed by atoms with Crippen LogP contribution in [-0.2, 0) is 0 Å². The molecule has 0 bridgehead atoms. The molecule has 0 atom stereocenters. The number of anilines is 2. The fourth-order valence-electron chi connectivity index (χ4n) is 2.38. The molecule has 1 heterocycles. The highest BCUT2D eigenvalue weighted by Crippen LogP contribution is 2.52. The van der Waals surface area contributed by atoms with Gasteiger partial charge in [0.15, 0.2) is 5.78 Å². The highest BCUT2D eigenvalue weighted by Gasteiger charge is 2.45. The molecular weight excluding hydrogens is 276 g/mol. The molecule has 3 nitrogen and oxygen atoms in total. The van der Waals surface area contributed by atoms with E-state index in [0.717, 1.165) is 16.4 Å². The molecule has 2 rings (SSSR count). The average Bonchev–Trinajstić information content (AvgIpc) is 3.06. The molecule has 1 aliphatic rings. The Hall–Kier alpha value is -0.680. The summed E-state index contributed by atoms with van der Waals surface area (Å²) in [5, 5.41) is 4.59. The number of nitrogen functional groups attached to an aromatic ring is 1. The number of hydrogen-bond acceptors (Lipinski definition) is 5. The first-order chi connectivity index (χ1) is 8.91. The quantitative estimate of drug-likeness (QED) is 0.613. The van der Waals surface area contributed by atoms with Crippen molar-refractivity contribution in [3.63, 3.8) is 0 Å². The van der Waals surface area contributed by atoms with Crippen molar-refractivity contribution in [3.8, 4) is 0 Å². The van der Waals surface area contributed by atoms with Crippen LogP contribution in [0.15, 0.2) is 4.90 Å². The van der Waals surface area contributed by atoms with Crippen LogP contribution in [-0.4, -0.2) is 18.6 Å². The van der Waals surface area contributed by atoms with Crippen molar-refractivity contribution in [1.29, 1.82) is 0 Å². The predicted molar refractivity (Wildman–Crippen MR) is 85.5 cm³/mol. The van der Waals surface area contributed by atoms with Gasteiger partial charge in [0.25, 0.3) is 0 Å². The van der Waals surface area contributed by atoms with Gasteiger partial charge in [0.05, 0.1) is 15.5 Å². The fraction of sp³-hybridized carbons (Fsp3) is 0.643.